The van der Waals surface area contributed by atoms with Gasteiger partial charge in [0.15, 0.2) is 0 Å². The zero-order valence-corrected chi connectivity index (χ0v) is 33.6. The van der Waals surface area contributed by atoms with Crippen LogP contribution in [-0.2, 0) is 25.7 Å². The number of hydrogen-bond donors (Lipinski definition) is 0. The number of aryl methyl sites for hydroxylation is 2. The molecule has 0 bridgehead atoms. The molecular weight excluding hydrogens is 621 g/mol. The molecule has 0 spiro atoms. The lowest BCUT2D eigenvalue weighted by molar-refractivity contribution is 0.145. The molecular formula is C48H76N2O. The first-order valence-electron chi connectivity index (χ1n) is 22.7. The Morgan fingerprint density at radius 2 is 0.804 bits per heavy atom. The minimum absolute atomic E-state index is 0.790. The minimum Gasteiger partial charge on any atom is -0.454 e. The molecule has 2 heterocycles. The number of nitrogens with zero attached hydrogens (tertiary/aromatic N) is 2. The maximum atomic E-state index is 6.66. The van der Waals surface area contributed by atoms with Crippen molar-refractivity contribution in [1.29, 1.82) is 0 Å². The molecule has 3 nitrogen and oxygen atoms in total. The van der Waals surface area contributed by atoms with Crippen LogP contribution >= 0.6 is 0 Å². The Labute approximate surface area is 314 Å². The highest BCUT2D eigenvalue weighted by molar-refractivity contribution is 5.36. The van der Waals surface area contributed by atoms with Gasteiger partial charge in [-0.2, -0.15) is 0 Å². The van der Waals surface area contributed by atoms with Crippen LogP contribution < -0.4 is 4.74 Å². The number of rotatable bonds is 16. The number of hydrogen-bond acceptors (Lipinski definition) is 3. The van der Waals surface area contributed by atoms with Crippen LogP contribution in [0, 0.1) is 47.3 Å². The van der Waals surface area contributed by atoms with Crippen LogP contribution in [0.3, 0.4) is 0 Å². The van der Waals surface area contributed by atoms with E-state index in [2.05, 4.69) is 39.8 Å². The van der Waals surface area contributed by atoms with Crippen LogP contribution in [0.5, 0.6) is 11.5 Å². The number of pyridine rings is 2. The summed E-state index contributed by atoms with van der Waals surface area (Å²) in [5, 5.41) is 0. The third kappa shape index (κ3) is 11.1. The molecule has 284 valence electrons. The minimum atomic E-state index is 0.790. The molecule has 4 saturated carbocycles. The summed E-state index contributed by atoms with van der Waals surface area (Å²) in [7, 11) is 0. The summed E-state index contributed by atoms with van der Waals surface area (Å²) >= 11 is 0. The molecule has 0 amide bonds. The van der Waals surface area contributed by atoms with E-state index in [0.29, 0.717) is 0 Å². The zero-order valence-electron chi connectivity index (χ0n) is 33.6. The highest BCUT2D eigenvalue weighted by Crippen LogP contribution is 2.44. The highest BCUT2D eigenvalue weighted by Gasteiger charge is 2.32. The van der Waals surface area contributed by atoms with Crippen molar-refractivity contribution in [3.8, 4) is 11.5 Å². The van der Waals surface area contributed by atoms with Crippen LogP contribution in [0.25, 0.3) is 0 Å². The fourth-order valence-electron chi connectivity index (χ4n) is 11.3. The summed E-state index contributed by atoms with van der Waals surface area (Å²) < 4.78 is 6.66. The second kappa shape index (κ2) is 20.0. The summed E-state index contributed by atoms with van der Waals surface area (Å²) in [6.07, 6.45) is 39.4. The van der Waals surface area contributed by atoms with Crippen molar-refractivity contribution in [1.82, 2.24) is 9.97 Å². The molecule has 0 unspecified atom stereocenters. The van der Waals surface area contributed by atoms with Crippen LogP contribution in [0.1, 0.15) is 191 Å². The maximum absolute atomic E-state index is 6.66. The van der Waals surface area contributed by atoms with E-state index in [1.54, 1.807) is 0 Å². The number of unbranched alkanes of at least 4 members (excludes halogenated alkanes) is 2. The van der Waals surface area contributed by atoms with E-state index in [4.69, 9.17) is 14.7 Å². The van der Waals surface area contributed by atoms with Crippen molar-refractivity contribution in [3.05, 3.63) is 47.0 Å². The molecule has 0 radical (unpaired) electrons. The van der Waals surface area contributed by atoms with Gasteiger partial charge in [0.2, 0.25) is 0 Å². The van der Waals surface area contributed by atoms with Crippen LogP contribution in [0.15, 0.2) is 24.5 Å². The quantitative estimate of drug-likeness (QED) is 0.175. The molecule has 0 saturated heterocycles. The number of ether oxygens (including phenoxy) is 1. The topological polar surface area (TPSA) is 35.0 Å². The van der Waals surface area contributed by atoms with E-state index in [0.717, 1.165) is 71.7 Å². The predicted molar refractivity (Wildman–Crippen MR) is 216 cm³/mol. The first-order valence-corrected chi connectivity index (χ1v) is 22.7. The molecule has 2 aromatic heterocycles. The van der Waals surface area contributed by atoms with Crippen LogP contribution in [0.2, 0.25) is 0 Å². The first kappa shape index (κ1) is 38.8. The molecule has 0 aliphatic heterocycles. The van der Waals surface area contributed by atoms with Gasteiger partial charge in [0, 0.05) is 11.4 Å². The van der Waals surface area contributed by atoms with Crippen molar-refractivity contribution in [2.45, 2.75) is 195 Å². The smallest absolute Gasteiger partial charge is 0.146 e. The molecule has 4 aliphatic carbocycles. The van der Waals surface area contributed by atoms with Gasteiger partial charge in [-0.15, -0.1) is 0 Å². The number of aromatic nitrogens is 2. The monoisotopic (exact) mass is 697 g/mol. The Bertz CT molecular complexity index is 1190. The molecule has 4 fully saturated rings. The lowest BCUT2D eigenvalue weighted by Gasteiger charge is -2.38. The van der Waals surface area contributed by atoms with Crippen molar-refractivity contribution in [3.63, 3.8) is 0 Å². The van der Waals surface area contributed by atoms with Gasteiger partial charge in [0.1, 0.15) is 11.5 Å². The second-order valence-corrected chi connectivity index (χ2v) is 18.2. The lowest BCUT2D eigenvalue weighted by atomic mass is 9.68. The molecule has 0 N–H and O–H groups in total. The molecule has 3 heteroatoms. The largest absolute Gasteiger partial charge is 0.454 e. The van der Waals surface area contributed by atoms with Gasteiger partial charge >= 0.3 is 0 Å². The van der Waals surface area contributed by atoms with Crippen LogP contribution in [-0.4, -0.2) is 9.97 Å². The molecule has 0 aromatic carbocycles. The fraction of sp³-hybridized carbons (Fsp3) is 0.792. The average molecular weight is 697 g/mol. The van der Waals surface area contributed by atoms with Gasteiger partial charge in [-0.3, -0.25) is 9.97 Å². The molecule has 51 heavy (non-hydrogen) atoms. The molecule has 2 aromatic rings. The van der Waals surface area contributed by atoms with E-state index < -0.39 is 0 Å². The van der Waals surface area contributed by atoms with Crippen molar-refractivity contribution < 1.29 is 4.74 Å². The van der Waals surface area contributed by atoms with E-state index >= 15 is 0 Å². The molecule has 0 atom stereocenters. The Hall–Kier alpha value is -1.90. The van der Waals surface area contributed by atoms with Crippen molar-refractivity contribution in [2.24, 2.45) is 47.3 Å². The Morgan fingerprint density at radius 3 is 1.12 bits per heavy atom. The van der Waals surface area contributed by atoms with Gasteiger partial charge in [-0.1, -0.05) is 79.1 Å². The lowest BCUT2D eigenvalue weighted by Crippen LogP contribution is -2.26. The fourth-order valence-corrected chi connectivity index (χ4v) is 11.3. The van der Waals surface area contributed by atoms with Gasteiger partial charge in [0.05, 0.1) is 12.4 Å². The summed E-state index contributed by atoms with van der Waals surface area (Å²) in [6, 6.07) is 4.71. The summed E-state index contributed by atoms with van der Waals surface area (Å²) in [5.74, 6) is 9.37. The summed E-state index contributed by atoms with van der Waals surface area (Å²) in [5.41, 5.74) is 5.51. The van der Waals surface area contributed by atoms with Crippen molar-refractivity contribution in [2.75, 3.05) is 0 Å². The van der Waals surface area contributed by atoms with E-state index in [-0.39, 0.29) is 0 Å². The standard InChI is InChI=1S/C48H76N2O/c1-5-9-11-47-43(29-37-17-25-41(26-18-37)39-21-13-35(7-3)14-22-39)31-45(33-49-47)51-46-32-44(48(50-34-46)12-10-6-2)30-38-19-27-42(28-20-38)40-23-15-36(8-4)16-24-40/h31-42H,5-30H2,1-4H3. The van der Waals surface area contributed by atoms with E-state index in [1.807, 2.05) is 12.4 Å². The molecule has 6 rings (SSSR count). The Morgan fingerprint density at radius 1 is 0.471 bits per heavy atom. The van der Waals surface area contributed by atoms with Crippen molar-refractivity contribution >= 4 is 0 Å². The third-order valence-corrected chi connectivity index (χ3v) is 14.9. The van der Waals surface area contributed by atoms with Gasteiger partial charge < -0.3 is 4.74 Å². The average Bonchev–Trinajstić information content (AvgIpc) is 3.18. The Balaban J connectivity index is 1.07. The van der Waals surface area contributed by atoms with E-state index in [9.17, 15) is 0 Å². The van der Waals surface area contributed by atoms with E-state index in [1.165, 1.54) is 177 Å². The van der Waals surface area contributed by atoms with Gasteiger partial charge in [-0.25, -0.2) is 0 Å². The summed E-state index contributed by atoms with van der Waals surface area (Å²) in [6.45, 7) is 9.38. The van der Waals surface area contributed by atoms with Gasteiger partial charge in [-0.05, 0) is 186 Å². The van der Waals surface area contributed by atoms with Gasteiger partial charge in [0.25, 0.3) is 0 Å². The van der Waals surface area contributed by atoms with Crippen LogP contribution in [0.4, 0.5) is 0 Å². The third-order valence-electron chi connectivity index (χ3n) is 14.9. The summed E-state index contributed by atoms with van der Waals surface area (Å²) in [4.78, 5) is 10.1. The Kier molecular flexibility index (Phi) is 15.2. The normalized spacial score (nSPS) is 30.3. The maximum Gasteiger partial charge on any atom is 0.146 e. The first-order chi connectivity index (χ1) is 25.0. The molecule has 4 aliphatic rings. The predicted octanol–water partition coefficient (Wildman–Crippen LogP) is 14.1. The second-order valence-electron chi connectivity index (χ2n) is 18.2. The zero-order chi connectivity index (χ0) is 35.4. The highest BCUT2D eigenvalue weighted by atomic mass is 16.5. The SMILES string of the molecule is CCCCc1ncc(Oc2cnc(CCCC)c(CC3CCC(C4CCC(CC)CC4)CC3)c2)cc1CC1CCC(C2CCC(CC)CC2)CC1.